The molecule has 0 aliphatic heterocycles. The minimum atomic E-state index is 0.386. The zero-order chi connectivity index (χ0) is 11.3. The van der Waals surface area contributed by atoms with E-state index in [2.05, 4.69) is 29.5 Å². The molecule has 0 radical (unpaired) electrons. The highest BCUT2D eigenvalue weighted by Gasteiger charge is 2.16. The molecular weight excluding hydrogens is 192 g/mol. The molecule has 0 aromatic carbocycles. The number of hydrogen-bond donors (Lipinski definition) is 1. The molecule has 86 valence electrons. The molecule has 0 fully saturated rings. The molecular formula is C10H20N4O. The van der Waals surface area contributed by atoms with Crippen molar-refractivity contribution in [1.29, 1.82) is 0 Å². The van der Waals surface area contributed by atoms with Crippen molar-refractivity contribution < 1.29 is 4.74 Å². The van der Waals surface area contributed by atoms with E-state index < -0.39 is 0 Å². The molecule has 0 saturated heterocycles. The summed E-state index contributed by atoms with van der Waals surface area (Å²) in [6.07, 6.45) is 1.82. The summed E-state index contributed by atoms with van der Waals surface area (Å²) in [6, 6.07) is 0.386. The van der Waals surface area contributed by atoms with E-state index in [-0.39, 0.29) is 0 Å². The molecule has 0 bridgehead atoms. The third-order valence-electron chi connectivity index (χ3n) is 2.74. The molecule has 1 rings (SSSR count). The molecule has 0 amide bonds. The molecule has 0 saturated carbocycles. The second kappa shape index (κ2) is 5.82. The molecule has 1 heterocycles. The van der Waals surface area contributed by atoms with Crippen LogP contribution in [0, 0.1) is 0 Å². The lowest BCUT2D eigenvalue weighted by Gasteiger charge is -2.20. The van der Waals surface area contributed by atoms with Crippen LogP contribution in [0.5, 0.6) is 0 Å². The van der Waals surface area contributed by atoms with Crippen LogP contribution in [0.4, 0.5) is 0 Å². The topological polar surface area (TPSA) is 52.0 Å². The highest BCUT2D eigenvalue weighted by Crippen LogP contribution is 2.16. The van der Waals surface area contributed by atoms with Gasteiger partial charge in [0.05, 0.1) is 18.5 Å². The van der Waals surface area contributed by atoms with Gasteiger partial charge in [0.2, 0.25) is 0 Å². The summed E-state index contributed by atoms with van der Waals surface area (Å²) >= 11 is 0. The summed E-state index contributed by atoms with van der Waals surface area (Å²) in [5.41, 5.74) is 1.15. The molecule has 0 aliphatic carbocycles. The normalized spacial score (nSPS) is 15.2. The SMILES string of the molecule is COCCNC(C)C(C)c1cnnn1C. The number of nitrogens with one attached hydrogen (secondary N) is 1. The van der Waals surface area contributed by atoms with Crippen LogP contribution in [-0.2, 0) is 11.8 Å². The van der Waals surface area contributed by atoms with Gasteiger partial charge in [-0.05, 0) is 6.92 Å². The molecule has 2 unspecified atom stereocenters. The average Bonchev–Trinajstić information content (AvgIpc) is 2.63. The molecule has 0 spiro atoms. The lowest BCUT2D eigenvalue weighted by molar-refractivity contribution is 0.195. The Morgan fingerprint density at radius 2 is 2.27 bits per heavy atom. The van der Waals surface area contributed by atoms with E-state index in [4.69, 9.17) is 4.74 Å². The number of rotatable bonds is 6. The first-order valence-electron chi connectivity index (χ1n) is 5.23. The first kappa shape index (κ1) is 12.1. The van der Waals surface area contributed by atoms with E-state index >= 15 is 0 Å². The minimum Gasteiger partial charge on any atom is -0.383 e. The van der Waals surface area contributed by atoms with E-state index in [1.54, 1.807) is 7.11 Å². The van der Waals surface area contributed by atoms with Gasteiger partial charge in [-0.15, -0.1) is 5.10 Å². The Morgan fingerprint density at radius 1 is 1.53 bits per heavy atom. The van der Waals surface area contributed by atoms with Crippen molar-refractivity contribution in [2.45, 2.75) is 25.8 Å². The molecule has 5 nitrogen and oxygen atoms in total. The van der Waals surface area contributed by atoms with E-state index in [1.165, 1.54) is 0 Å². The van der Waals surface area contributed by atoms with Gasteiger partial charge in [-0.1, -0.05) is 12.1 Å². The fourth-order valence-corrected chi connectivity index (χ4v) is 1.53. The van der Waals surface area contributed by atoms with Crippen molar-refractivity contribution in [1.82, 2.24) is 20.3 Å². The van der Waals surface area contributed by atoms with Gasteiger partial charge in [0, 0.05) is 32.7 Å². The number of aromatic nitrogens is 3. The zero-order valence-corrected chi connectivity index (χ0v) is 9.90. The van der Waals surface area contributed by atoms with Crippen LogP contribution < -0.4 is 5.32 Å². The largest absolute Gasteiger partial charge is 0.383 e. The number of nitrogens with zero attached hydrogens (tertiary/aromatic N) is 3. The van der Waals surface area contributed by atoms with Gasteiger partial charge in [0.1, 0.15) is 0 Å². The highest BCUT2D eigenvalue weighted by atomic mass is 16.5. The lowest BCUT2D eigenvalue weighted by Crippen LogP contribution is -2.34. The maximum absolute atomic E-state index is 4.99. The summed E-state index contributed by atoms with van der Waals surface area (Å²) in [5, 5.41) is 11.2. The monoisotopic (exact) mass is 212 g/mol. The van der Waals surface area contributed by atoms with Gasteiger partial charge in [0.25, 0.3) is 0 Å². The summed E-state index contributed by atoms with van der Waals surface area (Å²) in [5.74, 6) is 0.391. The fraction of sp³-hybridized carbons (Fsp3) is 0.800. The maximum Gasteiger partial charge on any atom is 0.0728 e. The van der Waals surface area contributed by atoms with Crippen molar-refractivity contribution in [3.8, 4) is 0 Å². The maximum atomic E-state index is 4.99. The van der Waals surface area contributed by atoms with Crippen LogP contribution >= 0.6 is 0 Å². The molecule has 15 heavy (non-hydrogen) atoms. The highest BCUT2D eigenvalue weighted by molar-refractivity contribution is 5.04. The first-order valence-corrected chi connectivity index (χ1v) is 5.23. The number of hydrogen-bond acceptors (Lipinski definition) is 4. The van der Waals surface area contributed by atoms with Crippen LogP contribution in [0.2, 0.25) is 0 Å². The van der Waals surface area contributed by atoms with Gasteiger partial charge in [-0.3, -0.25) is 4.68 Å². The van der Waals surface area contributed by atoms with Crippen LogP contribution in [0.3, 0.4) is 0 Å². The predicted octanol–water partition coefficient (Wildman–Crippen LogP) is 0.543. The van der Waals surface area contributed by atoms with Crippen LogP contribution in [-0.4, -0.2) is 41.3 Å². The fourth-order valence-electron chi connectivity index (χ4n) is 1.53. The molecule has 1 aromatic rings. The van der Waals surface area contributed by atoms with Crippen LogP contribution in [0.1, 0.15) is 25.5 Å². The van der Waals surface area contributed by atoms with Gasteiger partial charge in [-0.2, -0.15) is 0 Å². The Balaban J connectivity index is 2.46. The first-order chi connectivity index (χ1) is 7.16. The van der Waals surface area contributed by atoms with Crippen molar-refractivity contribution in [3.05, 3.63) is 11.9 Å². The molecule has 0 aliphatic rings. The van der Waals surface area contributed by atoms with Gasteiger partial charge in [0.15, 0.2) is 0 Å². The van der Waals surface area contributed by atoms with Crippen molar-refractivity contribution in [2.75, 3.05) is 20.3 Å². The quantitative estimate of drug-likeness (QED) is 0.699. The Bertz CT molecular complexity index is 287. The summed E-state index contributed by atoms with van der Waals surface area (Å²) in [6.45, 7) is 5.93. The van der Waals surface area contributed by atoms with E-state index in [0.29, 0.717) is 12.0 Å². The van der Waals surface area contributed by atoms with Gasteiger partial charge < -0.3 is 10.1 Å². The zero-order valence-electron chi connectivity index (χ0n) is 9.90. The van der Waals surface area contributed by atoms with Crippen molar-refractivity contribution in [3.63, 3.8) is 0 Å². The minimum absolute atomic E-state index is 0.386. The number of methoxy groups -OCH3 is 1. The van der Waals surface area contributed by atoms with Crippen LogP contribution in [0.25, 0.3) is 0 Å². The average molecular weight is 212 g/mol. The summed E-state index contributed by atoms with van der Waals surface area (Å²) in [7, 11) is 3.63. The molecule has 2 atom stereocenters. The molecule has 5 heteroatoms. The summed E-state index contributed by atoms with van der Waals surface area (Å²) in [4.78, 5) is 0. The predicted molar refractivity (Wildman–Crippen MR) is 58.8 cm³/mol. The van der Waals surface area contributed by atoms with Gasteiger partial charge >= 0.3 is 0 Å². The standard InChI is InChI=1S/C10H20N4O/c1-8(9(2)11-5-6-15-4)10-7-12-13-14(10)3/h7-9,11H,5-6H2,1-4H3. The third kappa shape index (κ3) is 3.28. The Morgan fingerprint density at radius 3 is 2.80 bits per heavy atom. The second-order valence-electron chi connectivity index (χ2n) is 3.81. The summed E-state index contributed by atoms with van der Waals surface area (Å²) < 4.78 is 6.81. The Hall–Kier alpha value is -0.940. The lowest BCUT2D eigenvalue weighted by atomic mass is 10.0. The Kier molecular flexibility index (Phi) is 4.71. The number of ether oxygens (including phenoxy) is 1. The second-order valence-corrected chi connectivity index (χ2v) is 3.81. The van der Waals surface area contributed by atoms with E-state index in [9.17, 15) is 0 Å². The smallest absolute Gasteiger partial charge is 0.0728 e. The van der Waals surface area contributed by atoms with Crippen molar-refractivity contribution >= 4 is 0 Å². The Labute approximate surface area is 90.8 Å². The molecule has 1 aromatic heterocycles. The third-order valence-corrected chi connectivity index (χ3v) is 2.74. The van der Waals surface area contributed by atoms with E-state index in [0.717, 1.165) is 18.8 Å². The van der Waals surface area contributed by atoms with Crippen LogP contribution in [0.15, 0.2) is 6.20 Å². The van der Waals surface area contributed by atoms with Gasteiger partial charge in [-0.25, -0.2) is 0 Å². The number of aryl methyl sites for hydroxylation is 1. The van der Waals surface area contributed by atoms with Crippen molar-refractivity contribution in [2.24, 2.45) is 7.05 Å². The van der Waals surface area contributed by atoms with E-state index in [1.807, 2.05) is 17.9 Å². The molecule has 1 N–H and O–H groups in total.